The highest BCUT2D eigenvalue weighted by atomic mass is 79.9. The standard InChI is InChI=1S/C8H13BrO2/c1-6(4-7(2)9)5-11-8(3)10/h6H,2,4-5H2,1,3H3. The second kappa shape index (κ2) is 5.35. The van der Waals surface area contributed by atoms with E-state index in [-0.39, 0.29) is 5.97 Å². The lowest BCUT2D eigenvalue weighted by Crippen LogP contribution is -2.08. The Hall–Kier alpha value is -0.310. The van der Waals surface area contributed by atoms with E-state index in [0.717, 1.165) is 10.9 Å². The van der Waals surface area contributed by atoms with Crippen LogP contribution < -0.4 is 0 Å². The molecule has 0 aliphatic heterocycles. The highest BCUT2D eigenvalue weighted by Gasteiger charge is 2.04. The number of allylic oxidation sites excluding steroid dienone is 1. The van der Waals surface area contributed by atoms with E-state index in [0.29, 0.717) is 12.5 Å². The highest BCUT2D eigenvalue weighted by molar-refractivity contribution is 9.11. The number of carbonyl (C=O) groups is 1. The summed E-state index contributed by atoms with van der Waals surface area (Å²) in [6, 6.07) is 0. The fourth-order valence-electron chi connectivity index (χ4n) is 0.697. The fraction of sp³-hybridized carbons (Fsp3) is 0.625. The quantitative estimate of drug-likeness (QED) is 0.681. The van der Waals surface area contributed by atoms with Crippen molar-refractivity contribution in [3.05, 3.63) is 11.1 Å². The van der Waals surface area contributed by atoms with Crippen molar-refractivity contribution in [2.45, 2.75) is 20.3 Å². The Kier molecular flexibility index (Phi) is 5.20. The van der Waals surface area contributed by atoms with E-state index in [4.69, 9.17) is 4.74 Å². The van der Waals surface area contributed by atoms with Crippen LogP contribution in [0.4, 0.5) is 0 Å². The van der Waals surface area contributed by atoms with Gasteiger partial charge in [-0.05, 0) is 16.8 Å². The zero-order valence-corrected chi connectivity index (χ0v) is 8.48. The smallest absolute Gasteiger partial charge is 0.302 e. The molecule has 0 N–H and O–H groups in total. The first-order valence-corrected chi connectivity index (χ1v) is 4.28. The van der Waals surface area contributed by atoms with Gasteiger partial charge in [0.1, 0.15) is 0 Å². The zero-order chi connectivity index (χ0) is 8.85. The third-order valence-corrected chi connectivity index (χ3v) is 1.46. The minimum Gasteiger partial charge on any atom is -0.466 e. The lowest BCUT2D eigenvalue weighted by molar-refractivity contribution is -0.142. The molecule has 64 valence electrons. The van der Waals surface area contributed by atoms with Crippen molar-refractivity contribution >= 4 is 21.9 Å². The average Bonchev–Trinajstić information content (AvgIpc) is 1.82. The minimum absolute atomic E-state index is 0.225. The molecule has 1 atom stereocenters. The van der Waals surface area contributed by atoms with Crippen LogP contribution in [0, 0.1) is 5.92 Å². The van der Waals surface area contributed by atoms with Gasteiger partial charge in [-0.25, -0.2) is 0 Å². The van der Waals surface area contributed by atoms with Gasteiger partial charge in [0.25, 0.3) is 0 Å². The molecular weight excluding hydrogens is 208 g/mol. The Balaban J connectivity index is 3.44. The summed E-state index contributed by atoms with van der Waals surface area (Å²) < 4.78 is 5.75. The van der Waals surface area contributed by atoms with Crippen LogP contribution in [0.1, 0.15) is 20.3 Å². The molecule has 0 spiro atoms. The van der Waals surface area contributed by atoms with Crippen LogP contribution in [0.25, 0.3) is 0 Å². The molecule has 0 rings (SSSR count). The summed E-state index contributed by atoms with van der Waals surface area (Å²) in [7, 11) is 0. The number of ether oxygens (including phenoxy) is 1. The van der Waals surface area contributed by atoms with E-state index in [1.807, 2.05) is 6.92 Å². The first-order chi connectivity index (χ1) is 5.02. The lowest BCUT2D eigenvalue weighted by atomic mass is 10.1. The predicted molar refractivity (Wildman–Crippen MR) is 48.5 cm³/mol. The second-order valence-corrected chi connectivity index (χ2v) is 3.75. The van der Waals surface area contributed by atoms with E-state index in [1.165, 1.54) is 6.92 Å². The van der Waals surface area contributed by atoms with Crippen LogP contribution >= 0.6 is 15.9 Å². The maximum Gasteiger partial charge on any atom is 0.302 e. The summed E-state index contributed by atoms with van der Waals surface area (Å²) in [4.78, 5) is 10.4. The largest absolute Gasteiger partial charge is 0.466 e. The lowest BCUT2D eigenvalue weighted by Gasteiger charge is -2.09. The molecule has 0 saturated heterocycles. The Morgan fingerprint density at radius 3 is 2.64 bits per heavy atom. The van der Waals surface area contributed by atoms with Crippen molar-refractivity contribution in [3.63, 3.8) is 0 Å². The van der Waals surface area contributed by atoms with Crippen molar-refractivity contribution in [1.82, 2.24) is 0 Å². The van der Waals surface area contributed by atoms with Gasteiger partial charge in [0.2, 0.25) is 0 Å². The Morgan fingerprint density at radius 2 is 2.27 bits per heavy atom. The molecule has 0 bridgehead atoms. The fourth-order valence-corrected chi connectivity index (χ4v) is 1.25. The molecule has 2 nitrogen and oxygen atoms in total. The molecule has 0 aliphatic rings. The first kappa shape index (κ1) is 10.7. The molecule has 1 unspecified atom stereocenters. The molecule has 3 heteroatoms. The summed E-state index contributed by atoms with van der Waals surface area (Å²) >= 11 is 3.25. The summed E-state index contributed by atoms with van der Waals surface area (Å²) in [5.41, 5.74) is 0. The average molecular weight is 221 g/mol. The van der Waals surface area contributed by atoms with Crippen LogP contribution in [0.3, 0.4) is 0 Å². The Morgan fingerprint density at radius 1 is 1.73 bits per heavy atom. The normalized spacial score (nSPS) is 12.3. The van der Waals surface area contributed by atoms with Crippen molar-refractivity contribution in [3.8, 4) is 0 Å². The molecular formula is C8H13BrO2. The van der Waals surface area contributed by atoms with E-state index < -0.39 is 0 Å². The van der Waals surface area contributed by atoms with Crippen LogP contribution in [0.15, 0.2) is 11.1 Å². The third kappa shape index (κ3) is 7.59. The SMILES string of the molecule is C=C(Br)CC(C)COC(C)=O. The summed E-state index contributed by atoms with van der Waals surface area (Å²) in [6.07, 6.45) is 0.841. The number of hydrogen-bond donors (Lipinski definition) is 0. The molecule has 0 amide bonds. The van der Waals surface area contributed by atoms with Gasteiger partial charge in [0, 0.05) is 6.92 Å². The maximum absolute atomic E-state index is 10.4. The van der Waals surface area contributed by atoms with Crippen LogP contribution in [0.2, 0.25) is 0 Å². The maximum atomic E-state index is 10.4. The van der Waals surface area contributed by atoms with Gasteiger partial charge in [-0.1, -0.05) is 29.4 Å². The third-order valence-electron chi connectivity index (χ3n) is 1.14. The number of rotatable bonds is 4. The van der Waals surface area contributed by atoms with E-state index >= 15 is 0 Å². The molecule has 0 aliphatic carbocycles. The van der Waals surface area contributed by atoms with Crippen molar-refractivity contribution in [2.24, 2.45) is 5.92 Å². The Bertz CT molecular complexity index is 154. The first-order valence-electron chi connectivity index (χ1n) is 3.49. The monoisotopic (exact) mass is 220 g/mol. The van der Waals surface area contributed by atoms with Gasteiger partial charge in [-0.2, -0.15) is 0 Å². The summed E-state index contributed by atoms with van der Waals surface area (Å²) in [5.74, 6) is 0.114. The number of carbonyl (C=O) groups excluding carboxylic acids is 1. The van der Waals surface area contributed by atoms with Gasteiger partial charge in [0.15, 0.2) is 0 Å². The molecule has 0 aromatic rings. The summed E-state index contributed by atoms with van der Waals surface area (Å²) in [5, 5.41) is 0. The van der Waals surface area contributed by atoms with Crippen molar-refractivity contribution < 1.29 is 9.53 Å². The van der Waals surface area contributed by atoms with Gasteiger partial charge in [-0.3, -0.25) is 4.79 Å². The van der Waals surface area contributed by atoms with Gasteiger partial charge in [0.05, 0.1) is 6.61 Å². The topological polar surface area (TPSA) is 26.3 Å². The van der Waals surface area contributed by atoms with Crippen LogP contribution in [-0.4, -0.2) is 12.6 Å². The number of esters is 1. The minimum atomic E-state index is -0.225. The number of halogens is 1. The van der Waals surface area contributed by atoms with Gasteiger partial charge < -0.3 is 4.74 Å². The van der Waals surface area contributed by atoms with E-state index in [1.54, 1.807) is 0 Å². The highest BCUT2D eigenvalue weighted by Crippen LogP contribution is 2.14. The van der Waals surface area contributed by atoms with E-state index in [9.17, 15) is 4.79 Å². The molecule has 0 radical (unpaired) electrons. The molecule has 0 heterocycles. The molecule has 0 fully saturated rings. The van der Waals surface area contributed by atoms with Crippen LogP contribution in [-0.2, 0) is 9.53 Å². The van der Waals surface area contributed by atoms with Crippen molar-refractivity contribution in [2.75, 3.05) is 6.61 Å². The van der Waals surface area contributed by atoms with Gasteiger partial charge >= 0.3 is 5.97 Å². The zero-order valence-electron chi connectivity index (χ0n) is 6.89. The van der Waals surface area contributed by atoms with Crippen molar-refractivity contribution in [1.29, 1.82) is 0 Å². The Labute approximate surface area is 75.7 Å². The summed E-state index contributed by atoms with van der Waals surface area (Å²) in [6.45, 7) is 7.59. The van der Waals surface area contributed by atoms with E-state index in [2.05, 4.69) is 22.5 Å². The number of hydrogen-bond acceptors (Lipinski definition) is 2. The molecule has 0 aromatic carbocycles. The molecule has 0 aromatic heterocycles. The molecule has 11 heavy (non-hydrogen) atoms. The predicted octanol–water partition coefficient (Wildman–Crippen LogP) is 2.48. The van der Waals surface area contributed by atoms with Gasteiger partial charge in [-0.15, -0.1) is 0 Å². The van der Waals surface area contributed by atoms with Crippen LogP contribution in [0.5, 0.6) is 0 Å². The second-order valence-electron chi connectivity index (χ2n) is 2.63. The molecule has 0 saturated carbocycles.